The maximum atomic E-state index is 8.04. The quantitative estimate of drug-likeness (QED) is 0.437. The van der Waals surface area contributed by atoms with Crippen molar-refractivity contribution < 1.29 is 0 Å². The largest absolute Gasteiger partial charge is 0.389 e. The summed E-state index contributed by atoms with van der Waals surface area (Å²) in [5.41, 5.74) is 0. The molecule has 3 heteroatoms. The summed E-state index contributed by atoms with van der Waals surface area (Å²) in [5, 5.41) is 18.8. The molecule has 0 aromatic heterocycles. The second-order valence-electron chi connectivity index (χ2n) is 1.32. The first-order chi connectivity index (χ1) is 4.41. The summed E-state index contributed by atoms with van der Waals surface area (Å²) < 4.78 is 0. The van der Waals surface area contributed by atoms with Gasteiger partial charge >= 0.3 is 0 Å². The third-order valence-corrected chi connectivity index (χ3v) is 0.657. The van der Waals surface area contributed by atoms with E-state index in [0.717, 1.165) is 0 Å². The normalized spacial score (nSPS) is 8.22. The van der Waals surface area contributed by atoms with E-state index in [0.29, 0.717) is 13.0 Å². The molecule has 0 bridgehead atoms. The predicted molar refractivity (Wildman–Crippen MR) is 33.0 cm³/mol. The van der Waals surface area contributed by atoms with E-state index in [1.54, 1.807) is 0 Å². The highest BCUT2D eigenvalue weighted by atomic mass is 14.8. The summed E-state index contributed by atoms with van der Waals surface area (Å²) in [5.74, 6) is 0. The van der Waals surface area contributed by atoms with Crippen molar-refractivity contribution in [2.75, 3.05) is 6.54 Å². The molecule has 9 heavy (non-hydrogen) atoms. The fraction of sp³-hybridized carbons (Fsp3) is 0.333. The highest BCUT2D eigenvalue weighted by Gasteiger charge is 1.75. The molecule has 0 unspecified atom stereocenters. The molecule has 0 aliphatic rings. The zero-order chi connectivity index (χ0) is 6.95. The lowest BCUT2D eigenvalue weighted by Crippen LogP contribution is -2.04. The second kappa shape index (κ2) is 6.52. The number of nitriles is 2. The van der Waals surface area contributed by atoms with E-state index in [1.807, 2.05) is 12.1 Å². The highest BCUT2D eigenvalue weighted by Crippen LogP contribution is 1.69. The molecule has 0 spiro atoms. The van der Waals surface area contributed by atoms with Crippen molar-refractivity contribution in [2.45, 2.75) is 6.42 Å². The summed E-state index contributed by atoms with van der Waals surface area (Å²) in [6.45, 7) is 0.606. The van der Waals surface area contributed by atoms with Crippen LogP contribution in [0, 0.1) is 22.7 Å². The molecule has 0 aliphatic heterocycles. The van der Waals surface area contributed by atoms with Crippen molar-refractivity contribution in [3.05, 3.63) is 12.3 Å². The van der Waals surface area contributed by atoms with Crippen LogP contribution < -0.4 is 5.32 Å². The summed E-state index contributed by atoms with van der Waals surface area (Å²) in [6, 6.07) is 3.78. The van der Waals surface area contributed by atoms with Gasteiger partial charge in [-0.3, -0.25) is 0 Å². The monoisotopic (exact) mass is 121 g/mol. The minimum Gasteiger partial charge on any atom is -0.389 e. The SMILES string of the molecule is N#C/C=C/NCCC#N. The Morgan fingerprint density at radius 1 is 1.44 bits per heavy atom. The van der Waals surface area contributed by atoms with Crippen LogP contribution in [0.25, 0.3) is 0 Å². The first-order valence-electron chi connectivity index (χ1n) is 2.57. The fourth-order valence-corrected chi connectivity index (χ4v) is 0.308. The summed E-state index contributed by atoms with van der Waals surface area (Å²) in [6.07, 6.45) is 3.32. The average Bonchev–Trinajstić information content (AvgIpc) is 1.89. The van der Waals surface area contributed by atoms with Crippen molar-refractivity contribution in [3.8, 4) is 12.1 Å². The molecule has 0 amide bonds. The maximum Gasteiger partial charge on any atom is 0.0927 e. The van der Waals surface area contributed by atoms with E-state index in [2.05, 4.69) is 5.32 Å². The minimum atomic E-state index is 0.468. The van der Waals surface area contributed by atoms with E-state index < -0.39 is 0 Å². The van der Waals surface area contributed by atoms with Gasteiger partial charge in [-0.1, -0.05) is 0 Å². The number of nitrogens with one attached hydrogen (secondary N) is 1. The van der Waals surface area contributed by atoms with Gasteiger partial charge in [0.25, 0.3) is 0 Å². The lowest BCUT2D eigenvalue weighted by Gasteiger charge is -1.89. The standard InChI is InChI=1S/C6H7N3/c7-3-1-5-9-6-2-4-8/h1,5,9H,2,6H2/b5-1+. The minimum absolute atomic E-state index is 0.468. The van der Waals surface area contributed by atoms with Gasteiger partial charge in [-0.25, -0.2) is 0 Å². The molecule has 0 atom stereocenters. The van der Waals surface area contributed by atoms with Crippen molar-refractivity contribution in [2.24, 2.45) is 0 Å². The van der Waals surface area contributed by atoms with Gasteiger partial charge in [-0.2, -0.15) is 10.5 Å². The van der Waals surface area contributed by atoms with Crippen LogP contribution in [-0.2, 0) is 0 Å². The molecule has 1 N–H and O–H groups in total. The molecular formula is C6H7N3. The van der Waals surface area contributed by atoms with Gasteiger partial charge in [0, 0.05) is 18.8 Å². The summed E-state index contributed by atoms with van der Waals surface area (Å²) >= 11 is 0. The lowest BCUT2D eigenvalue weighted by molar-refractivity contribution is 0.859. The Bertz CT molecular complexity index is 158. The second-order valence-corrected chi connectivity index (χ2v) is 1.32. The Balaban J connectivity index is 3.04. The van der Waals surface area contributed by atoms with Crippen molar-refractivity contribution >= 4 is 0 Å². The number of allylic oxidation sites excluding steroid dienone is 1. The van der Waals surface area contributed by atoms with Crippen LogP contribution in [0.3, 0.4) is 0 Å². The van der Waals surface area contributed by atoms with E-state index >= 15 is 0 Å². The predicted octanol–water partition coefficient (Wildman–Crippen LogP) is 0.527. The smallest absolute Gasteiger partial charge is 0.0927 e. The molecule has 0 rings (SSSR count). The summed E-state index contributed by atoms with van der Waals surface area (Å²) in [7, 11) is 0. The van der Waals surface area contributed by atoms with Crippen LogP contribution in [0.4, 0.5) is 0 Å². The van der Waals surface area contributed by atoms with Gasteiger partial charge in [0.15, 0.2) is 0 Å². The molecule has 0 radical (unpaired) electrons. The van der Waals surface area contributed by atoms with Gasteiger partial charge in [0.2, 0.25) is 0 Å². The number of hydrogen-bond acceptors (Lipinski definition) is 3. The first-order valence-corrected chi connectivity index (χ1v) is 2.57. The molecule has 0 aromatic carbocycles. The van der Waals surface area contributed by atoms with E-state index in [9.17, 15) is 0 Å². The molecule has 0 saturated carbocycles. The van der Waals surface area contributed by atoms with Gasteiger partial charge in [-0.15, -0.1) is 0 Å². The Morgan fingerprint density at radius 2 is 2.22 bits per heavy atom. The molecule has 3 nitrogen and oxygen atoms in total. The third kappa shape index (κ3) is 6.52. The van der Waals surface area contributed by atoms with Crippen LogP contribution in [0.2, 0.25) is 0 Å². The topological polar surface area (TPSA) is 59.6 Å². The van der Waals surface area contributed by atoms with Crippen molar-refractivity contribution in [1.82, 2.24) is 5.32 Å². The summed E-state index contributed by atoms with van der Waals surface area (Å²) in [4.78, 5) is 0. The number of rotatable bonds is 3. The molecule has 0 heterocycles. The van der Waals surface area contributed by atoms with Crippen molar-refractivity contribution in [1.29, 1.82) is 10.5 Å². The Labute approximate surface area is 54.2 Å². The molecule has 0 aliphatic carbocycles. The zero-order valence-corrected chi connectivity index (χ0v) is 4.96. The molecule has 0 fully saturated rings. The maximum absolute atomic E-state index is 8.04. The average molecular weight is 121 g/mol. The van der Waals surface area contributed by atoms with E-state index in [4.69, 9.17) is 10.5 Å². The van der Waals surface area contributed by atoms with Crippen LogP contribution >= 0.6 is 0 Å². The van der Waals surface area contributed by atoms with Crippen LogP contribution in [-0.4, -0.2) is 6.54 Å². The number of hydrogen-bond donors (Lipinski definition) is 1. The first kappa shape index (κ1) is 7.52. The Morgan fingerprint density at radius 3 is 2.78 bits per heavy atom. The Hall–Kier alpha value is -1.48. The van der Waals surface area contributed by atoms with Gasteiger partial charge in [-0.05, 0) is 0 Å². The van der Waals surface area contributed by atoms with E-state index in [1.165, 1.54) is 12.3 Å². The Kier molecular flexibility index (Phi) is 5.45. The fourth-order valence-electron chi connectivity index (χ4n) is 0.308. The van der Waals surface area contributed by atoms with Gasteiger partial charge < -0.3 is 5.32 Å². The van der Waals surface area contributed by atoms with Crippen LogP contribution in [0.5, 0.6) is 0 Å². The van der Waals surface area contributed by atoms with Gasteiger partial charge in [0.1, 0.15) is 0 Å². The highest BCUT2D eigenvalue weighted by molar-refractivity contribution is 5.00. The number of nitrogens with zero attached hydrogens (tertiary/aromatic N) is 2. The molecule has 46 valence electrons. The molecular weight excluding hydrogens is 114 g/mol. The molecule has 0 saturated heterocycles. The van der Waals surface area contributed by atoms with Crippen LogP contribution in [0.15, 0.2) is 12.3 Å². The lowest BCUT2D eigenvalue weighted by atomic mass is 10.5. The van der Waals surface area contributed by atoms with E-state index in [-0.39, 0.29) is 0 Å². The third-order valence-electron chi connectivity index (χ3n) is 0.657. The zero-order valence-electron chi connectivity index (χ0n) is 4.96. The van der Waals surface area contributed by atoms with Crippen LogP contribution in [0.1, 0.15) is 6.42 Å². The molecule has 0 aromatic rings. The van der Waals surface area contributed by atoms with Gasteiger partial charge in [0.05, 0.1) is 18.6 Å². The van der Waals surface area contributed by atoms with Crippen molar-refractivity contribution in [3.63, 3.8) is 0 Å².